The highest BCUT2D eigenvalue weighted by Crippen LogP contribution is 2.28. The van der Waals surface area contributed by atoms with Crippen LogP contribution in [0.2, 0.25) is 0 Å². The van der Waals surface area contributed by atoms with Crippen molar-refractivity contribution in [2.75, 3.05) is 50.7 Å². The first-order valence-corrected chi connectivity index (χ1v) is 11.3. The number of hydrogen-bond acceptors (Lipinski definition) is 3. The molecule has 0 saturated carbocycles. The van der Waals surface area contributed by atoms with Crippen LogP contribution in [0.25, 0.3) is 0 Å². The van der Waals surface area contributed by atoms with E-state index in [1.165, 1.54) is 36.1 Å². The molecule has 1 aromatic carbocycles. The third kappa shape index (κ3) is 5.85. The molecule has 2 fully saturated rings. The van der Waals surface area contributed by atoms with Gasteiger partial charge in [0.25, 0.3) is 0 Å². The van der Waals surface area contributed by atoms with Crippen molar-refractivity contribution in [2.45, 2.75) is 39.2 Å². The number of anilines is 1. The first-order chi connectivity index (χ1) is 13.2. The molecule has 2 heterocycles. The van der Waals surface area contributed by atoms with Crippen LogP contribution in [0, 0.1) is 5.92 Å². The van der Waals surface area contributed by atoms with Crippen LogP contribution in [0.5, 0.6) is 0 Å². The number of nitrogens with one attached hydrogen (secondary N) is 2. The number of nitrogens with zero attached hydrogens (tertiary/aromatic N) is 3. The average molecular weight is 436 g/mol. The Bertz CT molecular complexity index is 620. The van der Waals surface area contributed by atoms with E-state index in [9.17, 15) is 0 Å². The number of benzene rings is 1. The fraction of sp³-hybridized carbons (Fsp3) is 0.667. The molecule has 6 heteroatoms. The second-order valence-electron chi connectivity index (χ2n) is 7.65. The van der Waals surface area contributed by atoms with Crippen LogP contribution in [0.15, 0.2) is 33.7 Å². The number of piperidine rings is 1. The number of guanidine groups is 1. The SMILES string of the molecule is CCNC(=NCC1CCCN(CC)C1)NC1CCN(c2ccccc2Br)C1. The van der Waals surface area contributed by atoms with Crippen LogP contribution in [0.3, 0.4) is 0 Å². The summed E-state index contributed by atoms with van der Waals surface area (Å²) in [4.78, 5) is 9.93. The van der Waals surface area contributed by atoms with Crippen LogP contribution < -0.4 is 15.5 Å². The summed E-state index contributed by atoms with van der Waals surface area (Å²) in [5.41, 5.74) is 1.28. The van der Waals surface area contributed by atoms with Crippen molar-refractivity contribution < 1.29 is 0 Å². The molecule has 0 radical (unpaired) electrons. The molecule has 2 aliphatic heterocycles. The number of rotatable bonds is 6. The number of aliphatic imine (C=N–C) groups is 1. The van der Waals surface area contributed by atoms with Crippen molar-refractivity contribution in [2.24, 2.45) is 10.9 Å². The lowest BCUT2D eigenvalue weighted by atomic mass is 9.98. The zero-order valence-electron chi connectivity index (χ0n) is 16.8. The van der Waals surface area contributed by atoms with E-state index in [-0.39, 0.29) is 0 Å². The highest BCUT2D eigenvalue weighted by Gasteiger charge is 2.25. The van der Waals surface area contributed by atoms with E-state index in [2.05, 4.69) is 74.5 Å². The standard InChI is InChI=1S/C21H34BrN5/c1-3-23-21(24-14-17-8-7-12-26(4-2)15-17)25-18-11-13-27(16-18)20-10-6-5-9-19(20)22/h5-6,9-10,17-18H,3-4,7-8,11-16H2,1-2H3,(H2,23,24,25). The van der Waals surface area contributed by atoms with E-state index in [0.29, 0.717) is 12.0 Å². The zero-order valence-corrected chi connectivity index (χ0v) is 18.3. The smallest absolute Gasteiger partial charge is 0.191 e. The molecule has 2 aliphatic rings. The van der Waals surface area contributed by atoms with Crippen LogP contribution in [-0.2, 0) is 0 Å². The monoisotopic (exact) mass is 435 g/mol. The number of likely N-dealkylation sites (tertiary alicyclic amines) is 1. The lowest BCUT2D eigenvalue weighted by molar-refractivity contribution is 0.186. The van der Waals surface area contributed by atoms with Gasteiger partial charge in [-0.05, 0) is 73.3 Å². The molecule has 0 aromatic heterocycles. The van der Waals surface area contributed by atoms with Gasteiger partial charge < -0.3 is 20.4 Å². The molecule has 0 aliphatic carbocycles. The van der Waals surface area contributed by atoms with E-state index in [4.69, 9.17) is 4.99 Å². The molecule has 2 atom stereocenters. The summed E-state index contributed by atoms with van der Waals surface area (Å²) in [7, 11) is 0. The minimum Gasteiger partial charge on any atom is -0.368 e. The highest BCUT2D eigenvalue weighted by atomic mass is 79.9. The van der Waals surface area contributed by atoms with Crippen molar-refractivity contribution in [3.63, 3.8) is 0 Å². The van der Waals surface area contributed by atoms with Crippen LogP contribution in [-0.4, -0.2) is 62.7 Å². The number of para-hydroxylation sites is 1. The molecule has 3 rings (SSSR count). The molecule has 2 N–H and O–H groups in total. The minimum atomic E-state index is 0.438. The van der Waals surface area contributed by atoms with Gasteiger partial charge >= 0.3 is 0 Å². The van der Waals surface area contributed by atoms with Gasteiger partial charge in [-0.15, -0.1) is 0 Å². The predicted molar refractivity (Wildman–Crippen MR) is 119 cm³/mol. The van der Waals surface area contributed by atoms with Crippen molar-refractivity contribution >= 4 is 27.6 Å². The maximum Gasteiger partial charge on any atom is 0.191 e. The van der Waals surface area contributed by atoms with E-state index in [1.54, 1.807) is 0 Å². The molecule has 0 spiro atoms. The minimum absolute atomic E-state index is 0.438. The van der Waals surface area contributed by atoms with Gasteiger partial charge in [0, 0.05) is 43.2 Å². The highest BCUT2D eigenvalue weighted by molar-refractivity contribution is 9.10. The van der Waals surface area contributed by atoms with Gasteiger partial charge in [-0.3, -0.25) is 4.99 Å². The van der Waals surface area contributed by atoms with Crippen molar-refractivity contribution in [3.8, 4) is 0 Å². The molecular weight excluding hydrogens is 402 g/mol. The summed E-state index contributed by atoms with van der Waals surface area (Å²) < 4.78 is 1.17. The summed E-state index contributed by atoms with van der Waals surface area (Å²) in [6.45, 7) is 11.9. The fourth-order valence-corrected chi connectivity index (χ4v) is 4.66. The largest absolute Gasteiger partial charge is 0.368 e. The first kappa shape index (κ1) is 20.5. The zero-order chi connectivity index (χ0) is 19.1. The van der Waals surface area contributed by atoms with Crippen LogP contribution in [0.4, 0.5) is 5.69 Å². The molecule has 1 aromatic rings. The van der Waals surface area contributed by atoms with Gasteiger partial charge in [-0.1, -0.05) is 19.1 Å². The Morgan fingerprint density at radius 2 is 2.04 bits per heavy atom. The first-order valence-electron chi connectivity index (χ1n) is 10.5. The molecule has 150 valence electrons. The maximum absolute atomic E-state index is 4.92. The molecule has 27 heavy (non-hydrogen) atoms. The third-order valence-corrected chi connectivity index (χ3v) is 6.29. The lowest BCUT2D eigenvalue weighted by Gasteiger charge is -2.31. The van der Waals surface area contributed by atoms with E-state index < -0.39 is 0 Å². The summed E-state index contributed by atoms with van der Waals surface area (Å²) in [6, 6.07) is 8.92. The molecule has 2 saturated heterocycles. The Kier molecular flexibility index (Phi) is 7.82. The van der Waals surface area contributed by atoms with Crippen LogP contribution in [0.1, 0.15) is 33.1 Å². The summed E-state index contributed by atoms with van der Waals surface area (Å²) in [6.07, 6.45) is 3.75. The number of halogens is 1. The summed E-state index contributed by atoms with van der Waals surface area (Å²) >= 11 is 3.68. The van der Waals surface area contributed by atoms with E-state index in [0.717, 1.165) is 45.1 Å². The van der Waals surface area contributed by atoms with Crippen molar-refractivity contribution in [1.29, 1.82) is 0 Å². The van der Waals surface area contributed by atoms with Gasteiger partial charge in [0.15, 0.2) is 5.96 Å². The Morgan fingerprint density at radius 3 is 2.81 bits per heavy atom. The van der Waals surface area contributed by atoms with E-state index >= 15 is 0 Å². The van der Waals surface area contributed by atoms with Crippen molar-refractivity contribution in [3.05, 3.63) is 28.7 Å². The van der Waals surface area contributed by atoms with Gasteiger partial charge in [-0.2, -0.15) is 0 Å². The lowest BCUT2D eigenvalue weighted by Crippen LogP contribution is -2.45. The van der Waals surface area contributed by atoms with Gasteiger partial charge in [0.05, 0.1) is 5.69 Å². The molecule has 5 nitrogen and oxygen atoms in total. The van der Waals surface area contributed by atoms with Gasteiger partial charge in [-0.25, -0.2) is 0 Å². The quantitative estimate of drug-likeness (QED) is 0.531. The molecule has 2 unspecified atom stereocenters. The van der Waals surface area contributed by atoms with Crippen LogP contribution >= 0.6 is 15.9 Å². The topological polar surface area (TPSA) is 42.9 Å². The summed E-state index contributed by atoms with van der Waals surface area (Å²) in [5, 5.41) is 7.11. The fourth-order valence-electron chi connectivity index (χ4n) is 4.13. The van der Waals surface area contributed by atoms with Gasteiger partial charge in [0.1, 0.15) is 0 Å². The Balaban J connectivity index is 1.54. The molecule has 0 amide bonds. The molecular formula is C21H34BrN5. The maximum atomic E-state index is 4.92. The second kappa shape index (κ2) is 10.3. The van der Waals surface area contributed by atoms with Crippen molar-refractivity contribution in [1.82, 2.24) is 15.5 Å². The average Bonchev–Trinajstić information content (AvgIpc) is 3.15. The normalized spacial score (nSPS) is 24.3. The van der Waals surface area contributed by atoms with E-state index in [1.807, 2.05) is 0 Å². The number of hydrogen-bond donors (Lipinski definition) is 2. The third-order valence-electron chi connectivity index (χ3n) is 5.62. The Morgan fingerprint density at radius 1 is 1.19 bits per heavy atom. The Labute approximate surface area is 172 Å². The Hall–Kier alpha value is -1.27. The second-order valence-corrected chi connectivity index (χ2v) is 8.50. The van der Waals surface area contributed by atoms with Gasteiger partial charge in [0.2, 0.25) is 0 Å². The summed E-state index contributed by atoms with van der Waals surface area (Å²) in [5.74, 6) is 1.67. The predicted octanol–water partition coefficient (Wildman–Crippen LogP) is 3.31. The molecule has 0 bridgehead atoms.